The van der Waals surface area contributed by atoms with Crippen LogP contribution in [0.25, 0.3) is 22.0 Å². The Balaban J connectivity index is 2.16. The third kappa shape index (κ3) is 3.73. The van der Waals surface area contributed by atoms with Gasteiger partial charge in [0.2, 0.25) is 0 Å². The molecule has 0 spiro atoms. The molecule has 1 aliphatic rings. The number of carboxylic acids is 1. The number of aryl methyl sites for hydroxylation is 1. The van der Waals surface area contributed by atoms with Crippen molar-refractivity contribution in [1.82, 2.24) is 4.57 Å². The molecule has 1 atom stereocenters. The highest BCUT2D eigenvalue weighted by Crippen LogP contribution is 2.48. The van der Waals surface area contributed by atoms with Gasteiger partial charge in [-0.1, -0.05) is 11.6 Å². The normalized spacial score (nSPS) is 16.0. The first-order chi connectivity index (χ1) is 14.9. The molecule has 4 rings (SSSR count). The third-order valence-electron chi connectivity index (χ3n) is 6.15. The number of benzene rings is 2. The molecule has 32 heavy (non-hydrogen) atoms. The van der Waals surface area contributed by atoms with E-state index in [9.17, 15) is 9.90 Å². The topological polar surface area (TPSA) is 54.7 Å². The fourth-order valence-electron chi connectivity index (χ4n) is 5.16. The van der Waals surface area contributed by atoms with E-state index in [2.05, 4.69) is 36.4 Å². The molecular weight excluding hydrogens is 424 g/mol. The first-order valence-corrected chi connectivity index (χ1v) is 11.4. The predicted octanol–water partition coefficient (Wildman–Crippen LogP) is 6.39. The molecule has 170 valence electrons. The molecule has 1 aliphatic heterocycles. The lowest BCUT2D eigenvalue weighted by atomic mass is 9.88. The largest absolute Gasteiger partial charge is 0.487 e. The summed E-state index contributed by atoms with van der Waals surface area (Å²) in [7, 11) is 2.09. The first kappa shape index (κ1) is 22.5. The zero-order valence-electron chi connectivity index (χ0n) is 19.8. The minimum Gasteiger partial charge on any atom is -0.487 e. The molecule has 0 radical (unpaired) electrons. The molecule has 1 N–H and O–H groups in total. The van der Waals surface area contributed by atoms with Crippen molar-refractivity contribution in [2.45, 2.75) is 59.6 Å². The monoisotopic (exact) mass is 454 g/mol. The van der Waals surface area contributed by atoms with Crippen molar-refractivity contribution in [2.75, 3.05) is 18.5 Å². The van der Waals surface area contributed by atoms with Crippen LogP contribution in [0.3, 0.4) is 0 Å². The lowest BCUT2D eigenvalue weighted by molar-refractivity contribution is -0.136. The van der Waals surface area contributed by atoms with Gasteiger partial charge < -0.3 is 19.3 Å². The Bertz CT molecular complexity index is 1240. The Kier molecular flexibility index (Phi) is 5.44. The number of hydrogen-bond donors (Lipinski definition) is 1. The zero-order chi connectivity index (χ0) is 23.5. The predicted molar refractivity (Wildman–Crippen MR) is 132 cm³/mol. The van der Waals surface area contributed by atoms with Crippen molar-refractivity contribution in [3.05, 3.63) is 46.1 Å². The number of nitrogens with zero attached hydrogens (tertiary/aromatic N) is 2. The highest BCUT2D eigenvalue weighted by molar-refractivity contribution is 6.31. The lowest BCUT2D eigenvalue weighted by Gasteiger charge is -2.35. The number of carboxylic acid groups (broad SMARTS) is 1. The van der Waals surface area contributed by atoms with Crippen molar-refractivity contribution >= 4 is 34.2 Å². The van der Waals surface area contributed by atoms with E-state index in [-0.39, 0.29) is 6.42 Å². The van der Waals surface area contributed by atoms with Gasteiger partial charge in [0.1, 0.15) is 11.4 Å². The molecule has 2 aromatic carbocycles. The van der Waals surface area contributed by atoms with Crippen LogP contribution in [-0.4, -0.2) is 34.8 Å². The summed E-state index contributed by atoms with van der Waals surface area (Å²) in [5.74, 6) is -0.190. The number of aliphatic carboxylic acids is 1. The SMILES string of the molecule is Cc1c(CC(=O)O)c(-c2ccc(Cl)cc2OC(C)(C)C)c2cc(C)n3c2c1N(C)CC3C. The summed E-state index contributed by atoms with van der Waals surface area (Å²) in [6.07, 6.45) is -0.0602. The van der Waals surface area contributed by atoms with Gasteiger partial charge in [0.25, 0.3) is 0 Å². The van der Waals surface area contributed by atoms with Crippen LogP contribution in [0.1, 0.15) is 50.6 Å². The van der Waals surface area contributed by atoms with Gasteiger partial charge in [-0.15, -0.1) is 0 Å². The van der Waals surface area contributed by atoms with E-state index in [4.69, 9.17) is 16.3 Å². The smallest absolute Gasteiger partial charge is 0.307 e. The van der Waals surface area contributed by atoms with E-state index in [0.29, 0.717) is 16.8 Å². The van der Waals surface area contributed by atoms with Crippen LogP contribution in [0.5, 0.6) is 5.75 Å². The molecule has 5 nitrogen and oxygen atoms in total. The Morgan fingerprint density at radius 2 is 1.94 bits per heavy atom. The number of hydrogen-bond acceptors (Lipinski definition) is 3. The van der Waals surface area contributed by atoms with Crippen LogP contribution < -0.4 is 9.64 Å². The summed E-state index contributed by atoms with van der Waals surface area (Å²) in [6.45, 7) is 13.2. The minimum absolute atomic E-state index is 0.0602. The Labute approximate surface area is 194 Å². The van der Waals surface area contributed by atoms with E-state index >= 15 is 0 Å². The van der Waals surface area contributed by atoms with Gasteiger partial charge in [-0.05, 0) is 82.5 Å². The first-order valence-electron chi connectivity index (χ1n) is 11.0. The molecule has 0 fully saturated rings. The maximum absolute atomic E-state index is 12.0. The number of carbonyl (C=O) groups is 1. The highest BCUT2D eigenvalue weighted by Gasteiger charge is 2.31. The van der Waals surface area contributed by atoms with Crippen molar-refractivity contribution in [1.29, 1.82) is 0 Å². The van der Waals surface area contributed by atoms with Gasteiger partial charge in [0.15, 0.2) is 0 Å². The zero-order valence-corrected chi connectivity index (χ0v) is 20.6. The maximum Gasteiger partial charge on any atom is 0.307 e. The molecule has 1 unspecified atom stereocenters. The second-order valence-electron chi connectivity index (χ2n) is 9.90. The van der Waals surface area contributed by atoms with E-state index in [1.54, 1.807) is 0 Å². The number of anilines is 1. The molecule has 2 heterocycles. The second-order valence-corrected chi connectivity index (χ2v) is 10.3. The van der Waals surface area contributed by atoms with Gasteiger partial charge >= 0.3 is 5.97 Å². The number of halogens is 1. The van der Waals surface area contributed by atoms with E-state index in [1.165, 1.54) is 5.69 Å². The molecule has 0 amide bonds. The summed E-state index contributed by atoms with van der Waals surface area (Å²) < 4.78 is 8.70. The Morgan fingerprint density at radius 1 is 1.25 bits per heavy atom. The van der Waals surface area contributed by atoms with Crippen molar-refractivity contribution in [3.8, 4) is 16.9 Å². The number of rotatable bonds is 4. The van der Waals surface area contributed by atoms with Crippen molar-refractivity contribution < 1.29 is 14.6 Å². The van der Waals surface area contributed by atoms with Crippen LogP contribution >= 0.6 is 11.6 Å². The molecule has 0 saturated carbocycles. The molecule has 0 bridgehead atoms. The van der Waals surface area contributed by atoms with Gasteiger partial charge in [-0.2, -0.15) is 0 Å². The summed E-state index contributed by atoms with van der Waals surface area (Å²) in [5.41, 5.74) is 6.61. The molecule has 0 aliphatic carbocycles. The van der Waals surface area contributed by atoms with E-state index in [1.807, 2.05) is 45.9 Å². The van der Waals surface area contributed by atoms with Crippen LogP contribution in [0.2, 0.25) is 5.02 Å². The van der Waals surface area contributed by atoms with Gasteiger partial charge in [-0.3, -0.25) is 4.79 Å². The Morgan fingerprint density at radius 3 is 2.56 bits per heavy atom. The lowest BCUT2D eigenvalue weighted by Crippen LogP contribution is -2.32. The van der Waals surface area contributed by atoms with Crippen molar-refractivity contribution in [2.24, 2.45) is 0 Å². The standard InChI is InChI=1S/C26H31ClN2O3/c1-14-10-20-23(18-9-8-17(27)11-21(18)32-26(4,5)6)19(12-22(30)31)16(3)24-25(20)29(14)15(2)13-28(24)7/h8-11,15H,12-13H2,1-7H3,(H,30,31). The van der Waals surface area contributed by atoms with Gasteiger partial charge in [0.05, 0.1) is 17.6 Å². The van der Waals surface area contributed by atoms with Crippen LogP contribution in [-0.2, 0) is 11.2 Å². The Hall–Kier alpha value is -2.66. The number of likely N-dealkylation sites (N-methyl/N-ethyl adjacent to an activating group) is 1. The van der Waals surface area contributed by atoms with Gasteiger partial charge in [0, 0.05) is 41.3 Å². The average molecular weight is 455 g/mol. The summed E-state index contributed by atoms with van der Waals surface area (Å²) >= 11 is 6.35. The summed E-state index contributed by atoms with van der Waals surface area (Å²) in [5, 5.41) is 11.4. The fraction of sp³-hybridized carbons (Fsp3) is 0.423. The summed E-state index contributed by atoms with van der Waals surface area (Å²) in [4.78, 5) is 14.2. The van der Waals surface area contributed by atoms with Crippen LogP contribution in [0, 0.1) is 13.8 Å². The quantitative estimate of drug-likeness (QED) is 0.496. The molecule has 6 heteroatoms. The van der Waals surface area contributed by atoms with Crippen LogP contribution in [0.4, 0.5) is 5.69 Å². The number of ether oxygens (including phenoxy) is 1. The van der Waals surface area contributed by atoms with Crippen molar-refractivity contribution in [3.63, 3.8) is 0 Å². The minimum atomic E-state index is -0.851. The third-order valence-corrected chi connectivity index (χ3v) is 6.39. The number of aromatic nitrogens is 1. The maximum atomic E-state index is 12.0. The summed E-state index contributed by atoms with van der Waals surface area (Å²) in [6, 6.07) is 8.12. The highest BCUT2D eigenvalue weighted by atomic mass is 35.5. The molecule has 1 aromatic heterocycles. The van der Waals surface area contributed by atoms with E-state index in [0.717, 1.165) is 45.4 Å². The average Bonchev–Trinajstić information content (AvgIpc) is 2.98. The molecule has 3 aromatic rings. The van der Waals surface area contributed by atoms with Gasteiger partial charge in [-0.25, -0.2) is 0 Å². The van der Waals surface area contributed by atoms with E-state index < -0.39 is 11.6 Å². The fourth-order valence-corrected chi connectivity index (χ4v) is 5.32. The molecular formula is C26H31ClN2O3. The van der Waals surface area contributed by atoms with Crippen LogP contribution in [0.15, 0.2) is 24.3 Å². The second kappa shape index (κ2) is 7.73. The molecule has 0 saturated heterocycles.